The molecule has 2 N–H and O–H groups in total. The van der Waals surface area contributed by atoms with Gasteiger partial charge >= 0.3 is 5.69 Å². The van der Waals surface area contributed by atoms with Crippen LogP contribution in [0.1, 0.15) is 40.5 Å². The zero-order valence-corrected chi connectivity index (χ0v) is 13.0. The number of hydrogen-bond donors (Lipinski definition) is 2. The SMILES string of the molecule is CCC(CC)(CO)Nc1ccc([N+](=O)[O-])c(OC(C)C)c1. The fourth-order valence-electron chi connectivity index (χ4n) is 2.09. The van der Waals surface area contributed by atoms with E-state index >= 15 is 0 Å². The van der Waals surface area contributed by atoms with Crippen LogP contribution in [0.2, 0.25) is 0 Å². The molecule has 21 heavy (non-hydrogen) atoms. The van der Waals surface area contributed by atoms with E-state index in [0.717, 1.165) is 12.8 Å². The van der Waals surface area contributed by atoms with Gasteiger partial charge in [-0.2, -0.15) is 0 Å². The maximum absolute atomic E-state index is 11.0. The largest absolute Gasteiger partial charge is 0.484 e. The van der Waals surface area contributed by atoms with E-state index in [1.807, 2.05) is 27.7 Å². The lowest BCUT2D eigenvalue weighted by Gasteiger charge is -2.32. The average Bonchev–Trinajstić information content (AvgIpc) is 2.44. The van der Waals surface area contributed by atoms with Gasteiger partial charge in [-0.25, -0.2) is 0 Å². The predicted octanol–water partition coefficient (Wildman–Crippen LogP) is 3.35. The van der Waals surface area contributed by atoms with Crippen LogP contribution in [-0.4, -0.2) is 28.3 Å². The van der Waals surface area contributed by atoms with Crippen LogP contribution in [0.25, 0.3) is 0 Å². The molecule has 0 saturated carbocycles. The quantitative estimate of drug-likeness (QED) is 0.567. The molecule has 0 bridgehead atoms. The van der Waals surface area contributed by atoms with Gasteiger partial charge in [-0.05, 0) is 32.8 Å². The summed E-state index contributed by atoms with van der Waals surface area (Å²) in [4.78, 5) is 10.6. The van der Waals surface area contributed by atoms with Crippen molar-refractivity contribution in [2.45, 2.75) is 52.2 Å². The van der Waals surface area contributed by atoms with Gasteiger partial charge in [0.2, 0.25) is 0 Å². The molecule has 0 saturated heterocycles. The zero-order chi connectivity index (χ0) is 16.0. The number of nitrogens with one attached hydrogen (secondary N) is 1. The van der Waals surface area contributed by atoms with Crippen LogP contribution < -0.4 is 10.1 Å². The van der Waals surface area contributed by atoms with E-state index in [0.29, 0.717) is 5.69 Å². The van der Waals surface area contributed by atoms with Crippen LogP contribution in [0.5, 0.6) is 5.75 Å². The highest BCUT2D eigenvalue weighted by Gasteiger charge is 2.26. The first kappa shape index (κ1) is 17.2. The fraction of sp³-hybridized carbons (Fsp3) is 0.600. The highest BCUT2D eigenvalue weighted by molar-refractivity contribution is 5.59. The Balaban J connectivity index is 3.12. The van der Waals surface area contributed by atoms with E-state index in [1.54, 1.807) is 12.1 Å². The molecule has 0 aliphatic rings. The van der Waals surface area contributed by atoms with Gasteiger partial charge in [-0.1, -0.05) is 13.8 Å². The van der Waals surface area contributed by atoms with Crippen LogP contribution in [0.3, 0.4) is 0 Å². The van der Waals surface area contributed by atoms with Crippen molar-refractivity contribution in [1.29, 1.82) is 0 Å². The van der Waals surface area contributed by atoms with Crippen LogP contribution in [0, 0.1) is 10.1 Å². The van der Waals surface area contributed by atoms with E-state index in [1.165, 1.54) is 6.07 Å². The highest BCUT2D eigenvalue weighted by atomic mass is 16.6. The van der Waals surface area contributed by atoms with Crippen LogP contribution >= 0.6 is 0 Å². The summed E-state index contributed by atoms with van der Waals surface area (Å²) >= 11 is 0. The number of nitro groups is 1. The van der Waals surface area contributed by atoms with Gasteiger partial charge in [0, 0.05) is 17.8 Å². The van der Waals surface area contributed by atoms with Gasteiger partial charge in [-0.15, -0.1) is 0 Å². The number of nitrogens with zero attached hydrogens (tertiary/aromatic N) is 1. The average molecular weight is 296 g/mol. The van der Waals surface area contributed by atoms with E-state index in [-0.39, 0.29) is 24.1 Å². The second kappa shape index (κ2) is 7.26. The molecule has 0 amide bonds. The van der Waals surface area contributed by atoms with Gasteiger partial charge < -0.3 is 15.2 Å². The van der Waals surface area contributed by atoms with Crippen molar-refractivity contribution in [3.63, 3.8) is 0 Å². The van der Waals surface area contributed by atoms with Gasteiger partial charge in [0.1, 0.15) is 0 Å². The Labute approximate surface area is 125 Å². The zero-order valence-electron chi connectivity index (χ0n) is 13.0. The summed E-state index contributed by atoms with van der Waals surface area (Å²) in [6, 6.07) is 4.68. The molecule has 1 rings (SSSR count). The number of hydrogen-bond acceptors (Lipinski definition) is 5. The lowest BCUT2D eigenvalue weighted by atomic mass is 9.93. The fourth-order valence-corrected chi connectivity index (χ4v) is 2.09. The van der Waals surface area contributed by atoms with E-state index in [4.69, 9.17) is 4.74 Å². The first-order chi connectivity index (χ1) is 9.87. The molecule has 1 aromatic rings. The van der Waals surface area contributed by atoms with E-state index in [2.05, 4.69) is 5.32 Å². The van der Waals surface area contributed by atoms with Crippen molar-refractivity contribution < 1.29 is 14.8 Å². The normalized spacial score (nSPS) is 11.5. The Morgan fingerprint density at radius 3 is 2.43 bits per heavy atom. The number of aliphatic hydroxyl groups excluding tert-OH is 1. The Hall–Kier alpha value is -1.82. The van der Waals surface area contributed by atoms with Crippen molar-refractivity contribution in [3.05, 3.63) is 28.3 Å². The number of nitro benzene ring substituents is 1. The second-order valence-electron chi connectivity index (χ2n) is 5.38. The molecule has 1 aromatic carbocycles. The molecule has 118 valence electrons. The highest BCUT2D eigenvalue weighted by Crippen LogP contribution is 2.32. The molecule has 0 aliphatic heterocycles. The standard InChI is InChI=1S/C15H24N2O4/c1-5-15(6-2,10-18)16-12-7-8-13(17(19)20)14(9-12)21-11(3)4/h7-9,11,16,18H,5-6,10H2,1-4H3. The molecule has 0 fully saturated rings. The lowest BCUT2D eigenvalue weighted by Crippen LogP contribution is -2.40. The molecule has 0 heterocycles. The van der Waals surface area contributed by atoms with Crippen molar-refractivity contribution in [2.75, 3.05) is 11.9 Å². The minimum Gasteiger partial charge on any atom is -0.484 e. The number of anilines is 1. The van der Waals surface area contributed by atoms with Crippen molar-refractivity contribution in [3.8, 4) is 5.75 Å². The minimum absolute atomic E-state index is 0.00262. The van der Waals surface area contributed by atoms with Gasteiger partial charge in [0.05, 0.1) is 23.2 Å². The van der Waals surface area contributed by atoms with Crippen molar-refractivity contribution >= 4 is 11.4 Å². The number of rotatable bonds is 8. The van der Waals surface area contributed by atoms with Gasteiger partial charge in [-0.3, -0.25) is 10.1 Å². The molecular formula is C15H24N2O4. The van der Waals surface area contributed by atoms with Crippen LogP contribution in [0.15, 0.2) is 18.2 Å². The number of aliphatic hydroxyl groups is 1. The molecule has 0 spiro atoms. The van der Waals surface area contributed by atoms with Crippen LogP contribution in [0.4, 0.5) is 11.4 Å². The third-order valence-electron chi connectivity index (χ3n) is 3.58. The Morgan fingerprint density at radius 2 is 2.00 bits per heavy atom. The summed E-state index contributed by atoms with van der Waals surface area (Å²) < 4.78 is 5.52. The predicted molar refractivity (Wildman–Crippen MR) is 82.9 cm³/mol. The summed E-state index contributed by atoms with van der Waals surface area (Å²) in [5.74, 6) is 0.235. The minimum atomic E-state index is -0.458. The number of benzene rings is 1. The molecule has 0 aliphatic carbocycles. The molecular weight excluding hydrogens is 272 g/mol. The molecule has 6 heteroatoms. The molecule has 0 unspecified atom stereocenters. The summed E-state index contributed by atoms with van der Waals surface area (Å²) in [6.07, 6.45) is 1.34. The molecule has 0 aromatic heterocycles. The van der Waals surface area contributed by atoms with Gasteiger partial charge in [0.25, 0.3) is 0 Å². The van der Waals surface area contributed by atoms with E-state index < -0.39 is 10.5 Å². The van der Waals surface area contributed by atoms with Crippen molar-refractivity contribution in [2.24, 2.45) is 0 Å². The topological polar surface area (TPSA) is 84.6 Å². The monoisotopic (exact) mass is 296 g/mol. The van der Waals surface area contributed by atoms with Gasteiger partial charge in [0.15, 0.2) is 5.75 Å². The summed E-state index contributed by atoms with van der Waals surface area (Å²) in [7, 11) is 0. The molecule has 6 nitrogen and oxygen atoms in total. The Kier molecular flexibility index (Phi) is 5.96. The third kappa shape index (κ3) is 4.32. The maximum Gasteiger partial charge on any atom is 0.311 e. The second-order valence-corrected chi connectivity index (χ2v) is 5.38. The molecule has 0 radical (unpaired) electrons. The first-order valence-electron chi connectivity index (χ1n) is 7.21. The lowest BCUT2D eigenvalue weighted by molar-refractivity contribution is -0.386. The summed E-state index contributed by atoms with van der Waals surface area (Å²) in [5, 5.41) is 23.9. The first-order valence-corrected chi connectivity index (χ1v) is 7.21. The molecule has 0 atom stereocenters. The van der Waals surface area contributed by atoms with Crippen LogP contribution in [-0.2, 0) is 0 Å². The Bertz CT molecular complexity index is 476. The maximum atomic E-state index is 11.0. The summed E-state index contributed by atoms with van der Waals surface area (Å²) in [5.41, 5.74) is 0.219. The van der Waals surface area contributed by atoms with E-state index in [9.17, 15) is 15.2 Å². The Morgan fingerprint density at radius 1 is 1.38 bits per heavy atom. The summed E-state index contributed by atoms with van der Waals surface area (Å²) in [6.45, 7) is 7.62. The number of ether oxygens (including phenoxy) is 1. The van der Waals surface area contributed by atoms with Crippen molar-refractivity contribution in [1.82, 2.24) is 0 Å². The third-order valence-corrected chi connectivity index (χ3v) is 3.58. The smallest absolute Gasteiger partial charge is 0.311 e.